The van der Waals surface area contributed by atoms with Crippen molar-refractivity contribution in [3.05, 3.63) is 59.7 Å². The monoisotopic (exact) mass is 457 g/mol. The van der Waals surface area contributed by atoms with E-state index in [0.29, 0.717) is 24.3 Å². The molecule has 2 saturated heterocycles. The molecule has 2 aliphatic heterocycles. The van der Waals surface area contributed by atoms with Crippen LogP contribution in [-0.2, 0) is 26.8 Å². The number of methoxy groups -OCH3 is 1. The molecule has 0 saturated carbocycles. The van der Waals surface area contributed by atoms with Gasteiger partial charge in [-0.05, 0) is 49.9 Å². The molecule has 8 nitrogen and oxygen atoms in total. The Labute approximate surface area is 188 Å². The Hall–Kier alpha value is -2.91. The van der Waals surface area contributed by atoms with Crippen LogP contribution in [0.1, 0.15) is 37.3 Å². The van der Waals surface area contributed by atoms with Gasteiger partial charge in [-0.3, -0.25) is 10.1 Å². The number of piperidine rings is 1. The third-order valence-corrected chi connectivity index (χ3v) is 8.20. The van der Waals surface area contributed by atoms with Gasteiger partial charge in [-0.2, -0.15) is 4.31 Å². The quantitative estimate of drug-likeness (QED) is 0.649. The van der Waals surface area contributed by atoms with Gasteiger partial charge in [0.1, 0.15) is 11.3 Å². The molecule has 0 bridgehead atoms. The van der Waals surface area contributed by atoms with Crippen LogP contribution in [0.5, 0.6) is 5.75 Å². The fraction of sp³-hybridized carbons (Fsp3) is 0.391. The first-order valence-electron chi connectivity index (χ1n) is 10.6. The molecule has 2 fully saturated rings. The maximum Gasteiger partial charge on any atom is 0.322 e. The largest absolute Gasteiger partial charge is 0.496 e. The zero-order valence-electron chi connectivity index (χ0n) is 18.1. The van der Waals surface area contributed by atoms with Crippen molar-refractivity contribution < 1.29 is 22.7 Å². The predicted octanol–water partition coefficient (Wildman–Crippen LogP) is 2.54. The summed E-state index contributed by atoms with van der Waals surface area (Å²) in [4.78, 5) is 24.3. The summed E-state index contributed by atoms with van der Waals surface area (Å²) in [6.07, 6.45) is 3.19. The van der Waals surface area contributed by atoms with Crippen molar-refractivity contribution in [3.63, 3.8) is 0 Å². The zero-order chi connectivity index (χ0) is 22.9. The molecule has 0 radical (unpaired) electrons. The molecule has 2 atom stereocenters. The minimum absolute atomic E-state index is 0.0726. The highest BCUT2D eigenvalue weighted by Gasteiger charge is 2.46. The summed E-state index contributed by atoms with van der Waals surface area (Å²) in [5.41, 5.74) is -0.0480. The van der Waals surface area contributed by atoms with E-state index in [4.69, 9.17) is 4.74 Å². The highest BCUT2D eigenvalue weighted by Crippen LogP contribution is 2.36. The molecule has 170 valence electrons. The van der Waals surface area contributed by atoms with Crippen LogP contribution in [0.25, 0.3) is 0 Å². The molecule has 9 heteroatoms. The Kier molecular flexibility index (Phi) is 5.96. The second-order valence-electron chi connectivity index (χ2n) is 8.35. The molecular formula is C23H27N3O5S. The first-order valence-corrected chi connectivity index (χ1v) is 12.1. The maximum absolute atomic E-state index is 13.7. The van der Waals surface area contributed by atoms with Gasteiger partial charge in [-0.1, -0.05) is 36.8 Å². The van der Waals surface area contributed by atoms with Crippen LogP contribution in [0.3, 0.4) is 0 Å². The average molecular weight is 458 g/mol. The van der Waals surface area contributed by atoms with E-state index in [1.807, 2.05) is 30.3 Å². The Morgan fingerprint density at radius 1 is 1.12 bits per heavy atom. The number of amides is 3. The zero-order valence-corrected chi connectivity index (χ0v) is 18.9. The van der Waals surface area contributed by atoms with Crippen LogP contribution in [0.4, 0.5) is 4.79 Å². The maximum atomic E-state index is 13.7. The van der Waals surface area contributed by atoms with E-state index in [0.717, 1.165) is 24.8 Å². The molecule has 4 rings (SSSR count). The molecule has 0 unspecified atom stereocenters. The number of rotatable bonds is 6. The highest BCUT2D eigenvalue weighted by atomic mass is 32.2. The van der Waals surface area contributed by atoms with E-state index in [9.17, 15) is 18.0 Å². The van der Waals surface area contributed by atoms with Crippen LogP contribution in [0.2, 0.25) is 0 Å². The fourth-order valence-electron chi connectivity index (χ4n) is 4.49. The highest BCUT2D eigenvalue weighted by molar-refractivity contribution is 7.89. The molecule has 3 amide bonds. The average Bonchev–Trinajstić information content (AvgIpc) is 3.06. The lowest BCUT2D eigenvalue weighted by Gasteiger charge is -2.35. The number of hydrogen-bond donors (Lipinski definition) is 2. The lowest BCUT2D eigenvalue weighted by atomic mass is 9.91. The van der Waals surface area contributed by atoms with Crippen LogP contribution < -0.4 is 15.4 Å². The van der Waals surface area contributed by atoms with E-state index >= 15 is 0 Å². The molecule has 2 N–H and O–H groups in total. The number of ether oxygens (including phenoxy) is 1. The summed E-state index contributed by atoms with van der Waals surface area (Å²) in [6, 6.07) is 13.5. The van der Waals surface area contributed by atoms with Gasteiger partial charge in [0, 0.05) is 18.2 Å². The second kappa shape index (κ2) is 8.55. The first kappa shape index (κ1) is 22.3. The van der Waals surface area contributed by atoms with Gasteiger partial charge in [-0.15, -0.1) is 0 Å². The van der Waals surface area contributed by atoms with Crippen molar-refractivity contribution in [1.29, 1.82) is 0 Å². The third-order valence-electron chi connectivity index (χ3n) is 6.25. The lowest BCUT2D eigenvalue weighted by Crippen LogP contribution is -2.45. The smallest absolute Gasteiger partial charge is 0.322 e. The van der Waals surface area contributed by atoms with Crippen LogP contribution in [0, 0.1) is 0 Å². The van der Waals surface area contributed by atoms with E-state index < -0.39 is 27.5 Å². The van der Waals surface area contributed by atoms with Crippen molar-refractivity contribution in [1.82, 2.24) is 14.9 Å². The molecule has 2 aromatic carbocycles. The summed E-state index contributed by atoms with van der Waals surface area (Å²) in [7, 11) is -2.40. The fourth-order valence-corrected chi connectivity index (χ4v) is 6.21. The molecule has 0 aromatic heterocycles. The number of carbonyl (C=O) groups excluding carboxylic acids is 2. The number of nitrogens with zero attached hydrogens (tertiary/aromatic N) is 1. The summed E-state index contributed by atoms with van der Waals surface area (Å²) in [5, 5.41) is 4.79. The van der Waals surface area contributed by atoms with E-state index in [1.165, 1.54) is 32.2 Å². The Morgan fingerprint density at radius 2 is 1.88 bits per heavy atom. The van der Waals surface area contributed by atoms with Gasteiger partial charge in [0.2, 0.25) is 10.0 Å². The predicted molar refractivity (Wildman–Crippen MR) is 119 cm³/mol. The van der Waals surface area contributed by atoms with Crippen LogP contribution >= 0.6 is 0 Å². The minimum atomic E-state index is -3.83. The number of urea groups is 1. The molecule has 2 aromatic rings. The Bertz CT molecular complexity index is 1140. The van der Waals surface area contributed by atoms with Gasteiger partial charge < -0.3 is 10.1 Å². The van der Waals surface area contributed by atoms with E-state index in [-0.39, 0.29) is 10.9 Å². The Morgan fingerprint density at radius 3 is 2.53 bits per heavy atom. The number of hydrogen-bond acceptors (Lipinski definition) is 5. The molecule has 32 heavy (non-hydrogen) atoms. The van der Waals surface area contributed by atoms with Crippen molar-refractivity contribution in [2.45, 2.75) is 49.1 Å². The molecule has 2 heterocycles. The number of sulfonamides is 1. The van der Waals surface area contributed by atoms with Gasteiger partial charge in [-0.25, -0.2) is 13.2 Å². The van der Waals surface area contributed by atoms with Crippen molar-refractivity contribution in [3.8, 4) is 5.75 Å². The van der Waals surface area contributed by atoms with E-state index in [2.05, 4.69) is 10.6 Å². The molecule has 2 aliphatic rings. The standard InChI is InChI=1S/C23H27N3O5S/c1-23(21(27)24-22(28)25-23)19-15-18(11-12-20(19)31-2)32(29,30)26-13-7-6-10-17(26)14-16-8-4-3-5-9-16/h3-5,8-9,11-12,15,17H,6-7,10,13-14H2,1-2H3,(H2,24,25,27,28)/t17-,23+/m1/s1. The van der Waals surface area contributed by atoms with Gasteiger partial charge in [0.15, 0.2) is 0 Å². The van der Waals surface area contributed by atoms with Crippen LogP contribution in [-0.4, -0.2) is 44.4 Å². The second-order valence-corrected chi connectivity index (χ2v) is 10.2. The van der Waals surface area contributed by atoms with Gasteiger partial charge >= 0.3 is 6.03 Å². The summed E-state index contributed by atoms with van der Waals surface area (Å²) < 4.78 is 34.4. The topological polar surface area (TPSA) is 105 Å². The normalized spacial score (nSPS) is 24.1. The molecule has 0 spiro atoms. The lowest BCUT2D eigenvalue weighted by molar-refractivity contribution is -0.123. The number of benzene rings is 2. The van der Waals surface area contributed by atoms with Crippen molar-refractivity contribution in [2.24, 2.45) is 0 Å². The third kappa shape index (κ3) is 3.98. The number of nitrogens with one attached hydrogen (secondary N) is 2. The SMILES string of the molecule is COc1ccc(S(=O)(=O)N2CCCC[C@@H]2Cc2ccccc2)cc1[C@]1(C)NC(=O)NC1=O. The van der Waals surface area contributed by atoms with Crippen molar-refractivity contribution in [2.75, 3.05) is 13.7 Å². The minimum Gasteiger partial charge on any atom is -0.496 e. The first-order chi connectivity index (χ1) is 15.3. The van der Waals surface area contributed by atoms with E-state index in [1.54, 1.807) is 4.31 Å². The molecule has 0 aliphatic carbocycles. The number of carbonyl (C=O) groups is 2. The van der Waals surface area contributed by atoms with Gasteiger partial charge in [0.25, 0.3) is 5.91 Å². The van der Waals surface area contributed by atoms with Crippen LogP contribution in [0.15, 0.2) is 53.4 Å². The summed E-state index contributed by atoms with van der Waals surface area (Å²) in [5.74, 6) is -0.237. The Balaban J connectivity index is 1.71. The van der Waals surface area contributed by atoms with Crippen molar-refractivity contribution >= 4 is 22.0 Å². The number of imide groups is 1. The summed E-state index contributed by atoms with van der Waals surface area (Å²) >= 11 is 0. The molecular weight excluding hydrogens is 430 g/mol. The van der Waals surface area contributed by atoms with Gasteiger partial charge in [0.05, 0.1) is 12.0 Å². The summed E-state index contributed by atoms with van der Waals surface area (Å²) in [6.45, 7) is 1.97.